The number of carbonyl (C=O) groups is 1. The average Bonchev–Trinajstić information content (AvgIpc) is 3.22. The number of aromatic nitrogens is 1. The molecule has 35 heavy (non-hydrogen) atoms. The molecule has 1 aromatic heterocycles. The molecule has 0 atom stereocenters. The number of ether oxygens (including phenoxy) is 3. The predicted octanol–water partition coefficient (Wildman–Crippen LogP) is 5.39. The molecular formula is C28H28N2O5. The molecule has 0 unspecified atom stereocenters. The fourth-order valence-corrected chi connectivity index (χ4v) is 3.56. The van der Waals surface area contributed by atoms with Gasteiger partial charge in [-0.25, -0.2) is 0 Å². The minimum Gasteiger partial charge on any atom is -0.493 e. The molecule has 1 N–H and O–H groups in total. The highest BCUT2D eigenvalue weighted by Gasteiger charge is 2.14. The molecule has 0 saturated carbocycles. The van der Waals surface area contributed by atoms with Crippen molar-refractivity contribution >= 4 is 5.91 Å². The molecule has 0 fully saturated rings. The van der Waals surface area contributed by atoms with Crippen LogP contribution >= 0.6 is 0 Å². The second-order valence-corrected chi connectivity index (χ2v) is 8.06. The van der Waals surface area contributed by atoms with Gasteiger partial charge in [0.05, 0.1) is 18.4 Å². The van der Waals surface area contributed by atoms with Gasteiger partial charge in [0.1, 0.15) is 24.7 Å². The molecule has 0 radical (unpaired) electrons. The van der Waals surface area contributed by atoms with Crippen molar-refractivity contribution in [3.63, 3.8) is 0 Å². The molecule has 180 valence electrons. The highest BCUT2D eigenvalue weighted by Crippen LogP contribution is 2.29. The predicted molar refractivity (Wildman–Crippen MR) is 132 cm³/mol. The first-order chi connectivity index (χ1) is 17.0. The van der Waals surface area contributed by atoms with E-state index in [9.17, 15) is 4.79 Å². The summed E-state index contributed by atoms with van der Waals surface area (Å²) < 4.78 is 22.4. The van der Waals surface area contributed by atoms with Crippen LogP contribution in [0.15, 0.2) is 77.3 Å². The van der Waals surface area contributed by atoms with Crippen LogP contribution in [0.2, 0.25) is 0 Å². The minimum atomic E-state index is -0.212. The summed E-state index contributed by atoms with van der Waals surface area (Å²) in [6.07, 6.45) is 0. The van der Waals surface area contributed by atoms with E-state index in [-0.39, 0.29) is 5.91 Å². The quantitative estimate of drug-likeness (QED) is 0.333. The average molecular weight is 473 g/mol. The van der Waals surface area contributed by atoms with Gasteiger partial charge in [-0.1, -0.05) is 47.6 Å². The van der Waals surface area contributed by atoms with Gasteiger partial charge >= 0.3 is 0 Å². The third-order valence-electron chi connectivity index (χ3n) is 5.58. The molecule has 0 spiro atoms. The molecule has 0 saturated heterocycles. The van der Waals surface area contributed by atoms with Gasteiger partial charge in [-0.05, 0) is 55.3 Å². The van der Waals surface area contributed by atoms with E-state index >= 15 is 0 Å². The molecule has 0 aliphatic carbocycles. The number of amides is 1. The lowest BCUT2D eigenvalue weighted by Crippen LogP contribution is -2.22. The number of rotatable bonds is 10. The lowest BCUT2D eigenvalue weighted by molar-refractivity contribution is 0.0950. The maximum absolute atomic E-state index is 12.8. The maximum Gasteiger partial charge on any atom is 0.251 e. The number of hydrogen-bond acceptors (Lipinski definition) is 6. The van der Waals surface area contributed by atoms with Crippen molar-refractivity contribution < 1.29 is 23.5 Å². The summed E-state index contributed by atoms with van der Waals surface area (Å²) in [6, 6.07) is 22.8. The summed E-state index contributed by atoms with van der Waals surface area (Å²) in [7, 11) is 1.54. The van der Waals surface area contributed by atoms with Crippen molar-refractivity contribution in [2.45, 2.75) is 33.6 Å². The van der Waals surface area contributed by atoms with Crippen LogP contribution < -0.4 is 19.5 Å². The zero-order valence-corrected chi connectivity index (χ0v) is 20.0. The Morgan fingerprint density at radius 2 is 1.69 bits per heavy atom. The molecular weight excluding hydrogens is 444 g/mol. The molecule has 7 heteroatoms. The molecule has 4 rings (SSSR count). The minimum absolute atomic E-state index is 0.212. The van der Waals surface area contributed by atoms with E-state index in [0.717, 1.165) is 28.1 Å². The maximum atomic E-state index is 12.8. The number of aryl methyl sites for hydroxylation is 2. The first-order valence-electron chi connectivity index (χ1n) is 11.3. The molecule has 7 nitrogen and oxygen atoms in total. The molecule has 1 heterocycles. The summed E-state index contributed by atoms with van der Waals surface area (Å²) in [5.41, 5.74) is 4.19. The van der Waals surface area contributed by atoms with Gasteiger partial charge in [0.2, 0.25) is 0 Å². The SMILES string of the molecule is COc1cc(C(=O)NCc2cccc(OCc3ccccc3)c2)ccc1OCc1c(C)noc1C. The van der Waals surface area contributed by atoms with Crippen molar-refractivity contribution in [2.24, 2.45) is 0 Å². The Balaban J connectivity index is 1.34. The number of hydrogen-bond donors (Lipinski definition) is 1. The van der Waals surface area contributed by atoms with Crippen molar-refractivity contribution in [3.05, 3.63) is 107 Å². The van der Waals surface area contributed by atoms with E-state index in [0.29, 0.717) is 42.6 Å². The topological polar surface area (TPSA) is 82.8 Å². The van der Waals surface area contributed by atoms with Gasteiger partial charge in [0.25, 0.3) is 5.91 Å². The summed E-state index contributed by atoms with van der Waals surface area (Å²) in [4.78, 5) is 12.8. The van der Waals surface area contributed by atoms with Crippen LogP contribution in [0.3, 0.4) is 0 Å². The number of carbonyl (C=O) groups excluding carboxylic acids is 1. The van der Waals surface area contributed by atoms with Crippen molar-refractivity contribution in [1.82, 2.24) is 10.5 Å². The third kappa shape index (κ3) is 6.20. The number of methoxy groups -OCH3 is 1. The second kappa shape index (κ2) is 11.2. The number of benzene rings is 3. The lowest BCUT2D eigenvalue weighted by Gasteiger charge is -2.13. The summed E-state index contributed by atoms with van der Waals surface area (Å²) >= 11 is 0. The molecule has 0 aliphatic rings. The van der Waals surface area contributed by atoms with Gasteiger partial charge in [0, 0.05) is 12.1 Å². The molecule has 0 aliphatic heterocycles. The summed E-state index contributed by atoms with van der Waals surface area (Å²) in [6.45, 7) is 4.86. The van der Waals surface area contributed by atoms with E-state index in [1.54, 1.807) is 25.3 Å². The van der Waals surface area contributed by atoms with Crippen LogP contribution in [0.5, 0.6) is 17.2 Å². The van der Waals surface area contributed by atoms with Crippen molar-refractivity contribution in [2.75, 3.05) is 7.11 Å². The molecule has 0 bridgehead atoms. The monoisotopic (exact) mass is 472 g/mol. The zero-order chi connectivity index (χ0) is 24.6. The highest BCUT2D eigenvalue weighted by molar-refractivity contribution is 5.94. The van der Waals surface area contributed by atoms with Crippen molar-refractivity contribution in [1.29, 1.82) is 0 Å². The standard InChI is InChI=1S/C28H28N2O5/c1-19-25(20(2)35-30-19)18-34-26-13-12-23(15-27(26)32-3)28(31)29-16-22-10-7-11-24(14-22)33-17-21-8-5-4-6-9-21/h4-15H,16-18H2,1-3H3,(H,29,31). The summed E-state index contributed by atoms with van der Waals surface area (Å²) in [5.74, 6) is 2.26. The number of nitrogens with one attached hydrogen (secondary N) is 1. The van der Waals surface area contributed by atoms with E-state index < -0.39 is 0 Å². The molecule has 4 aromatic rings. The normalized spacial score (nSPS) is 10.6. The first-order valence-corrected chi connectivity index (χ1v) is 11.3. The lowest BCUT2D eigenvalue weighted by atomic mass is 10.1. The van der Waals surface area contributed by atoms with Crippen LogP contribution in [-0.2, 0) is 19.8 Å². The smallest absolute Gasteiger partial charge is 0.251 e. The van der Waals surface area contributed by atoms with Crippen LogP contribution in [0.4, 0.5) is 0 Å². The Labute approximate surface area is 204 Å². The van der Waals surface area contributed by atoms with E-state index in [2.05, 4.69) is 10.5 Å². The van der Waals surface area contributed by atoms with E-state index in [1.807, 2.05) is 68.4 Å². The largest absolute Gasteiger partial charge is 0.493 e. The Hall–Kier alpha value is -4.26. The van der Waals surface area contributed by atoms with Gasteiger partial charge in [-0.2, -0.15) is 0 Å². The van der Waals surface area contributed by atoms with E-state index in [4.69, 9.17) is 18.7 Å². The van der Waals surface area contributed by atoms with Crippen LogP contribution in [0, 0.1) is 13.8 Å². The Morgan fingerprint density at radius 1 is 0.886 bits per heavy atom. The Kier molecular flexibility index (Phi) is 7.67. The first kappa shape index (κ1) is 23.9. The van der Waals surface area contributed by atoms with Crippen LogP contribution in [0.25, 0.3) is 0 Å². The van der Waals surface area contributed by atoms with E-state index in [1.165, 1.54) is 0 Å². The van der Waals surface area contributed by atoms with Crippen molar-refractivity contribution in [3.8, 4) is 17.2 Å². The number of nitrogens with zero attached hydrogens (tertiary/aromatic N) is 1. The Morgan fingerprint density at radius 3 is 2.43 bits per heavy atom. The zero-order valence-electron chi connectivity index (χ0n) is 20.0. The van der Waals surface area contributed by atoms with Gasteiger partial charge < -0.3 is 24.1 Å². The highest BCUT2D eigenvalue weighted by atomic mass is 16.5. The third-order valence-corrected chi connectivity index (χ3v) is 5.58. The molecule has 3 aromatic carbocycles. The van der Waals surface area contributed by atoms with Gasteiger partial charge in [0.15, 0.2) is 11.5 Å². The Bertz CT molecular complexity index is 1260. The van der Waals surface area contributed by atoms with Crippen LogP contribution in [0.1, 0.15) is 38.5 Å². The second-order valence-electron chi connectivity index (χ2n) is 8.06. The summed E-state index contributed by atoms with van der Waals surface area (Å²) in [5, 5.41) is 6.88. The molecule has 1 amide bonds. The fraction of sp³-hybridized carbons (Fsp3) is 0.214. The fourth-order valence-electron chi connectivity index (χ4n) is 3.56. The van der Waals surface area contributed by atoms with Gasteiger partial charge in [-0.3, -0.25) is 4.79 Å². The van der Waals surface area contributed by atoms with Crippen LogP contribution in [-0.4, -0.2) is 18.2 Å². The van der Waals surface area contributed by atoms with Gasteiger partial charge in [-0.15, -0.1) is 0 Å².